The first-order valence-corrected chi connectivity index (χ1v) is 11.4. The van der Waals surface area contributed by atoms with Gasteiger partial charge in [-0.1, -0.05) is 45.8 Å². The van der Waals surface area contributed by atoms with Gasteiger partial charge in [-0.05, 0) is 68.2 Å². The van der Waals surface area contributed by atoms with E-state index < -0.39 is 0 Å². The molecule has 168 valence electrons. The van der Waals surface area contributed by atoms with Gasteiger partial charge in [-0.2, -0.15) is 0 Å². The molecule has 0 fully saturated rings. The lowest BCUT2D eigenvalue weighted by atomic mass is 10.0. The largest absolute Gasteiger partial charge is 0.494 e. The summed E-state index contributed by atoms with van der Waals surface area (Å²) < 4.78 is 17.6. The molecule has 0 bridgehead atoms. The van der Waals surface area contributed by atoms with E-state index in [1.165, 1.54) is 0 Å². The summed E-state index contributed by atoms with van der Waals surface area (Å²) in [5, 5.41) is 0. The molecule has 4 nitrogen and oxygen atoms in total. The summed E-state index contributed by atoms with van der Waals surface area (Å²) >= 11 is 0. The summed E-state index contributed by atoms with van der Waals surface area (Å²) in [7, 11) is 0. The van der Waals surface area contributed by atoms with Crippen LogP contribution >= 0.6 is 0 Å². The Morgan fingerprint density at radius 2 is 1.48 bits per heavy atom. The van der Waals surface area contributed by atoms with Gasteiger partial charge in [-0.25, -0.2) is 0 Å². The molecule has 0 unspecified atom stereocenters. The molecule has 0 heterocycles. The quantitative estimate of drug-likeness (QED) is 0.185. The zero-order valence-corrected chi connectivity index (χ0v) is 19.4. The SMILES string of the molecule is CCCCOc1ccc(C=CC(=O)c2ccc(OCCC)cc2)c(C)c1OCCCC. The summed E-state index contributed by atoms with van der Waals surface area (Å²) in [6.45, 7) is 10.4. The Morgan fingerprint density at radius 3 is 2.13 bits per heavy atom. The van der Waals surface area contributed by atoms with Crippen LogP contribution < -0.4 is 14.2 Å². The Hall–Kier alpha value is -2.75. The van der Waals surface area contributed by atoms with Crippen molar-refractivity contribution < 1.29 is 19.0 Å². The smallest absolute Gasteiger partial charge is 0.185 e. The van der Waals surface area contributed by atoms with Gasteiger partial charge in [-0.15, -0.1) is 0 Å². The number of carbonyl (C=O) groups excluding carboxylic acids is 1. The van der Waals surface area contributed by atoms with E-state index in [0.29, 0.717) is 25.4 Å². The third-order valence-corrected chi connectivity index (χ3v) is 4.94. The van der Waals surface area contributed by atoms with E-state index in [1.54, 1.807) is 18.2 Å². The van der Waals surface area contributed by atoms with Crippen molar-refractivity contribution in [2.45, 2.75) is 59.8 Å². The van der Waals surface area contributed by atoms with Crippen LogP contribution in [0.3, 0.4) is 0 Å². The van der Waals surface area contributed by atoms with Crippen LogP contribution in [0.15, 0.2) is 42.5 Å². The van der Waals surface area contributed by atoms with Gasteiger partial charge < -0.3 is 14.2 Å². The first-order chi connectivity index (χ1) is 15.1. The monoisotopic (exact) mass is 424 g/mol. The Labute approximate surface area is 187 Å². The molecular formula is C27H36O4. The first kappa shape index (κ1) is 24.5. The molecule has 0 radical (unpaired) electrons. The molecule has 31 heavy (non-hydrogen) atoms. The van der Waals surface area contributed by atoms with Crippen molar-refractivity contribution in [2.24, 2.45) is 0 Å². The van der Waals surface area contributed by atoms with Crippen molar-refractivity contribution in [1.29, 1.82) is 0 Å². The molecule has 0 aliphatic carbocycles. The molecule has 0 N–H and O–H groups in total. The van der Waals surface area contributed by atoms with E-state index >= 15 is 0 Å². The fraction of sp³-hybridized carbons (Fsp3) is 0.444. The summed E-state index contributed by atoms with van der Waals surface area (Å²) in [6.07, 6.45) is 8.56. The minimum atomic E-state index is -0.0434. The summed E-state index contributed by atoms with van der Waals surface area (Å²) in [5.41, 5.74) is 2.57. The maximum absolute atomic E-state index is 12.6. The highest BCUT2D eigenvalue weighted by molar-refractivity contribution is 6.07. The van der Waals surface area contributed by atoms with Crippen molar-refractivity contribution >= 4 is 11.9 Å². The van der Waals surface area contributed by atoms with Crippen LogP contribution in [0.5, 0.6) is 17.2 Å². The van der Waals surface area contributed by atoms with Crippen molar-refractivity contribution in [2.75, 3.05) is 19.8 Å². The van der Waals surface area contributed by atoms with Crippen molar-refractivity contribution in [3.05, 3.63) is 59.2 Å². The number of hydrogen-bond donors (Lipinski definition) is 0. The molecule has 0 aliphatic rings. The number of hydrogen-bond acceptors (Lipinski definition) is 4. The molecule has 0 saturated carbocycles. The number of ether oxygens (including phenoxy) is 3. The van der Waals surface area contributed by atoms with E-state index in [9.17, 15) is 4.79 Å². The van der Waals surface area contributed by atoms with E-state index in [2.05, 4.69) is 20.8 Å². The fourth-order valence-corrected chi connectivity index (χ4v) is 3.00. The maximum atomic E-state index is 12.6. The topological polar surface area (TPSA) is 44.8 Å². The van der Waals surface area contributed by atoms with E-state index in [0.717, 1.165) is 60.5 Å². The standard InChI is InChI=1S/C27H36O4/c1-5-8-19-30-26-17-13-22(21(4)27(26)31-20-9-6-2)12-16-25(28)23-10-14-24(15-11-23)29-18-7-3/h10-17H,5-9,18-20H2,1-4H3. The minimum absolute atomic E-state index is 0.0434. The van der Waals surface area contributed by atoms with E-state index in [4.69, 9.17) is 14.2 Å². The number of carbonyl (C=O) groups is 1. The lowest BCUT2D eigenvalue weighted by Gasteiger charge is -2.16. The summed E-state index contributed by atoms with van der Waals surface area (Å²) in [6, 6.07) is 11.2. The van der Waals surface area contributed by atoms with Gasteiger partial charge in [0.25, 0.3) is 0 Å². The van der Waals surface area contributed by atoms with Crippen molar-refractivity contribution in [3.8, 4) is 17.2 Å². The van der Waals surface area contributed by atoms with Gasteiger partial charge in [0, 0.05) is 11.1 Å². The van der Waals surface area contributed by atoms with Gasteiger partial charge >= 0.3 is 0 Å². The third kappa shape index (κ3) is 7.78. The van der Waals surface area contributed by atoms with Crippen LogP contribution in [0, 0.1) is 6.92 Å². The number of allylic oxidation sites excluding steroid dienone is 1. The summed E-state index contributed by atoms with van der Waals surface area (Å²) in [5.74, 6) is 2.29. The van der Waals surface area contributed by atoms with Gasteiger partial charge in [0.15, 0.2) is 17.3 Å². The highest BCUT2D eigenvalue weighted by Gasteiger charge is 2.12. The first-order valence-electron chi connectivity index (χ1n) is 11.4. The van der Waals surface area contributed by atoms with Gasteiger partial charge in [0.1, 0.15) is 5.75 Å². The molecule has 0 aromatic heterocycles. The average molecular weight is 425 g/mol. The van der Waals surface area contributed by atoms with Crippen LogP contribution in [0.25, 0.3) is 6.08 Å². The van der Waals surface area contributed by atoms with Crippen molar-refractivity contribution in [1.82, 2.24) is 0 Å². The second kappa shape index (κ2) is 13.5. The van der Waals surface area contributed by atoms with E-state index in [-0.39, 0.29) is 5.78 Å². The van der Waals surface area contributed by atoms with Crippen LogP contribution in [-0.2, 0) is 0 Å². The maximum Gasteiger partial charge on any atom is 0.185 e. The second-order valence-electron chi connectivity index (χ2n) is 7.58. The zero-order chi connectivity index (χ0) is 22.5. The molecule has 0 aliphatic heterocycles. The molecule has 2 aromatic rings. The van der Waals surface area contributed by atoms with Gasteiger partial charge in [0.2, 0.25) is 0 Å². The van der Waals surface area contributed by atoms with Crippen LogP contribution in [0.1, 0.15) is 74.4 Å². The fourth-order valence-electron chi connectivity index (χ4n) is 3.00. The Bertz CT molecular complexity index is 837. The molecule has 4 heteroatoms. The number of rotatable bonds is 14. The highest BCUT2D eigenvalue weighted by atomic mass is 16.5. The molecule has 0 atom stereocenters. The molecule has 2 aromatic carbocycles. The van der Waals surface area contributed by atoms with Gasteiger partial charge in [-0.3, -0.25) is 4.79 Å². The normalized spacial score (nSPS) is 11.0. The Balaban J connectivity index is 2.15. The van der Waals surface area contributed by atoms with Crippen molar-refractivity contribution in [3.63, 3.8) is 0 Å². The number of unbranched alkanes of at least 4 members (excludes halogenated alkanes) is 2. The lowest BCUT2D eigenvalue weighted by Crippen LogP contribution is -2.04. The Morgan fingerprint density at radius 1 is 0.806 bits per heavy atom. The predicted octanol–water partition coefficient (Wildman–Crippen LogP) is 7.04. The minimum Gasteiger partial charge on any atom is -0.494 e. The van der Waals surface area contributed by atoms with Crippen LogP contribution in [-0.4, -0.2) is 25.6 Å². The van der Waals surface area contributed by atoms with Gasteiger partial charge in [0.05, 0.1) is 19.8 Å². The molecule has 0 spiro atoms. The summed E-state index contributed by atoms with van der Waals surface area (Å²) in [4.78, 5) is 12.6. The molecule has 0 amide bonds. The lowest BCUT2D eigenvalue weighted by molar-refractivity contribution is 0.104. The predicted molar refractivity (Wildman–Crippen MR) is 128 cm³/mol. The Kier molecular flexibility index (Phi) is 10.7. The second-order valence-corrected chi connectivity index (χ2v) is 7.58. The number of benzene rings is 2. The van der Waals surface area contributed by atoms with Crippen LogP contribution in [0.4, 0.5) is 0 Å². The third-order valence-electron chi connectivity index (χ3n) is 4.94. The molecular weight excluding hydrogens is 388 g/mol. The molecule has 2 rings (SSSR count). The number of ketones is 1. The van der Waals surface area contributed by atoms with E-state index in [1.807, 2.05) is 37.3 Å². The average Bonchev–Trinajstić information content (AvgIpc) is 2.79. The highest BCUT2D eigenvalue weighted by Crippen LogP contribution is 2.34. The van der Waals surface area contributed by atoms with Crippen LogP contribution in [0.2, 0.25) is 0 Å². The zero-order valence-electron chi connectivity index (χ0n) is 19.4. The molecule has 0 saturated heterocycles.